The molecule has 1 aliphatic heterocycles. The van der Waals surface area contributed by atoms with E-state index < -0.39 is 34.2 Å². The standard InChI is InChI=1S/C24H38O5/c1-7-21(5)18-13(3)9-10-23(21,28)12-15-22(6,20(27)19(18)26)16(25)11-17-24(15,8-2)14(4)29-17/h13-18,25,28H,7-12H2,1-6H3. The SMILES string of the molecule is CCC12C(C)OC1CC(O)C1(C)C(=O)C(=O)C3C(C)CCC(O)(CC12)C3(C)CC. The third-order valence-electron chi connectivity index (χ3n) is 10.4. The number of hydrogen-bond donors (Lipinski definition) is 2. The van der Waals surface area contributed by atoms with Crippen molar-refractivity contribution >= 4 is 11.6 Å². The van der Waals surface area contributed by atoms with Crippen molar-refractivity contribution < 1.29 is 24.5 Å². The molecular weight excluding hydrogens is 368 g/mol. The Bertz CT molecular complexity index is 735. The summed E-state index contributed by atoms with van der Waals surface area (Å²) in [6, 6.07) is 0. The van der Waals surface area contributed by atoms with E-state index in [2.05, 4.69) is 6.92 Å². The fourth-order valence-electron chi connectivity index (χ4n) is 8.20. The van der Waals surface area contributed by atoms with Crippen LogP contribution in [-0.4, -0.2) is 45.7 Å². The molecule has 3 aliphatic carbocycles. The molecule has 1 heterocycles. The number of Topliss-reactive ketones (excluding diaryl/α,β-unsaturated/α-hetero) is 2. The fourth-order valence-corrected chi connectivity index (χ4v) is 8.20. The molecule has 0 aromatic rings. The molecule has 10 atom stereocenters. The molecule has 4 aliphatic rings. The van der Waals surface area contributed by atoms with Crippen molar-refractivity contribution in [2.45, 2.75) is 104 Å². The van der Waals surface area contributed by atoms with E-state index in [0.29, 0.717) is 25.7 Å². The third kappa shape index (κ3) is 2.28. The molecule has 2 N–H and O–H groups in total. The second-order valence-electron chi connectivity index (χ2n) is 11.0. The van der Waals surface area contributed by atoms with Gasteiger partial charge in [0.25, 0.3) is 0 Å². The second-order valence-corrected chi connectivity index (χ2v) is 11.0. The quantitative estimate of drug-likeness (QED) is 0.688. The molecule has 0 aromatic heterocycles. The first-order valence-corrected chi connectivity index (χ1v) is 11.6. The summed E-state index contributed by atoms with van der Waals surface area (Å²) in [4.78, 5) is 27.5. The van der Waals surface area contributed by atoms with Crippen molar-refractivity contribution in [3.63, 3.8) is 0 Å². The smallest absolute Gasteiger partial charge is 0.207 e. The van der Waals surface area contributed by atoms with Crippen LogP contribution in [0.1, 0.15) is 80.1 Å². The maximum atomic E-state index is 13.8. The average Bonchev–Trinajstić information content (AvgIpc) is 2.68. The number of ketones is 2. The van der Waals surface area contributed by atoms with Crippen LogP contribution in [0.15, 0.2) is 0 Å². The molecule has 0 spiro atoms. The van der Waals surface area contributed by atoms with Crippen molar-refractivity contribution in [3.05, 3.63) is 0 Å². The van der Waals surface area contributed by atoms with Crippen LogP contribution in [0.2, 0.25) is 0 Å². The predicted molar refractivity (Wildman–Crippen MR) is 109 cm³/mol. The van der Waals surface area contributed by atoms with Crippen LogP contribution in [0.3, 0.4) is 0 Å². The first-order chi connectivity index (χ1) is 13.4. The molecular formula is C24H38O5. The summed E-state index contributed by atoms with van der Waals surface area (Å²) in [5.41, 5.74) is -3.12. The Kier molecular flexibility index (Phi) is 4.71. The van der Waals surface area contributed by atoms with Gasteiger partial charge in [-0.3, -0.25) is 9.59 Å². The van der Waals surface area contributed by atoms with Crippen LogP contribution in [0.25, 0.3) is 0 Å². The van der Waals surface area contributed by atoms with Crippen LogP contribution in [-0.2, 0) is 14.3 Å². The second kappa shape index (κ2) is 6.37. The number of fused-ring (bicyclic) bond motifs is 5. The summed E-state index contributed by atoms with van der Waals surface area (Å²) in [5, 5.41) is 23.3. The van der Waals surface area contributed by atoms with Crippen molar-refractivity contribution in [1.82, 2.24) is 0 Å². The molecule has 5 heteroatoms. The molecule has 0 aromatic carbocycles. The molecule has 1 saturated heterocycles. The molecule has 29 heavy (non-hydrogen) atoms. The van der Waals surface area contributed by atoms with Gasteiger partial charge in [0, 0.05) is 23.2 Å². The van der Waals surface area contributed by atoms with Gasteiger partial charge in [0.15, 0.2) is 0 Å². The maximum Gasteiger partial charge on any atom is 0.207 e. The van der Waals surface area contributed by atoms with Gasteiger partial charge in [0.2, 0.25) is 11.6 Å². The lowest BCUT2D eigenvalue weighted by Crippen LogP contribution is -2.75. The first-order valence-electron chi connectivity index (χ1n) is 11.6. The zero-order valence-electron chi connectivity index (χ0n) is 18.8. The Morgan fingerprint density at radius 1 is 1.14 bits per heavy atom. The van der Waals surface area contributed by atoms with Gasteiger partial charge >= 0.3 is 0 Å². The predicted octanol–water partition coefficient (Wildman–Crippen LogP) is 3.29. The zero-order chi connectivity index (χ0) is 21.6. The van der Waals surface area contributed by atoms with E-state index in [1.165, 1.54) is 0 Å². The van der Waals surface area contributed by atoms with E-state index in [4.69, 9.17) is 4.74 Å². The Hall–Kier alpha value is -0.780. The Labute approximate surface area is 174 Å². The van der Waals surface area contributed by atoms with Gasteiger partial charge < -0.3 is 14.9 Å². The lowest BCUT2D eigenvalue weighted by atomic mass is 9.40. The fraction of sp³-hybridized carbons (Fsp3) is 0.917. The highest BCUT2D eigenvalue weighted by Crippen LogP contribution is 2.68. The molecule has 4 fully saturated rings. The molecule has 3 saturated carbocycles. The summed E-state index contributed by atoms with van der Waals surface area (Å²) in [5.74, 6) is -1.51. The minimum absolute atomic E-state index is 0.0496. The number of carbonyl (C=O) groups excluding carboxylic acids is 2. The van der Waals surface area contributed by atoms with Crippen LogP contribution >= 0.6 is 0 Å². The van der Waals surface area contributed by atoms with Crippen molar-refractivity contribution in [2.75, 3.05) is 0 Å². The first kappa shape index (κ1) is 21.5. The monoisotopic (exact) mass is 406 g/mol. The van der Waals surface area contributed by atoms with Gasteiger partial charge in [-0.1, -0.05) is 27.7 Å². The minimum atomic E-state index is -1.17. The van der Waals surface area contributed by atoms with Gasteiger partial charge in [-0.25, -0.2) is 0 Å². The van der Waals surface area contributed by atoms with Crippen molar-refractivity contribution in [3.8, 4) is 0 Å². The van der Waals surface area contributed by atoms with Gasteiger partial charge in [-0.2, -0.15) is 0 Å². The summed E-state index contributed by atoms with van der Waals surface area (Å²) in [7, 11) is 0. The minimum Gasteiger partial charge on any atom is -0.392 e. The molecule has 164 valence electrons. The van der Waals surface area contributed by atoms with Crippen LogP contribution in [0.4, 0.5) is 0 Å². The number of aliphatic hydroxyl groups excluding tert-OH is 1. The normalized spacial score (nSPS) is 57.2. The number of hydrogen-bond acceptors (Lipinski definition) is 5. The number of rotatable bonds is 2. The van der Waals surface area contributed by atoms with E-state index >= 15 is 0 Å². The number of aliphatic hydroxyl groups is 2. The summed E-state index contributed by atoms with van der Waals surface area (Å²) >= 11 is 0. The Morgan fingerprint density at radius 2 is 1.79 bits per heavy atom. The summed E-state index contributed by atoms with van der Waals surface area (Å²) in [6.07, 6.45) is 2.59. The van der Waals surface area contributed by atoms with Crippen LogP contribution in [0, 0.1) is 34.0 Å². The maximum absolute atomic E-state index is 13.8. The molecule has 4 rings (SSSR count). The lowest BCUT2D eigenvalue weighted by molar-refractivity contribution is -0.330. The highest BCUT2D eigenvalue weighted by molar-refractivity contribution is 6.40. The van der Waals surface area contributed by atoms with Crippen molar-refractivity contribution in [2.24, 2.45) is 34.0 Å². The highest BCUT2D eigenvalue weighted by atomic mass is 16.5. The van der Waals surface area contributed by atoms with E-state index in [1.807, 2.05) is 27.7 Å². The number of ether oxygens (including phenoxy) is 1. The van der Waals surface area contributed by atoms with E-state index in [-0.39, 0.29) is 35.2 Å². The van der Waals surface area contributed by atoms with Crippen LogP contribution in [0.5, 0.6) is 0 Å². The van der Waals surface area contributed by atoms with Gasteiger partial charge in [-0.15, -0.1) is 0 Å². The average molecular weight is 407 g/mol. The Morgan fingerprint density at radius 3 is 2.34 bits per heavy atom. The summed E-state index contributed by atoms with van der Waals surface area (Å²) in [6.45, 7) is 12.0. The molecule has 5 nitrogen and oxygen atoms in total. The lowest BCUT2D eigenvalue weighted by Gasteiger charge is -2.69. The molecule has 10 unspecified atom stereocenters. The topological polar surface area (TPSA) is 83.8 Å². The largest absolute Gasteiger partial charge is 0.392 e. The number of carbonyl (C=O) groups is 2. The van der Waals surface area contributed by atoms with Gasteiger partial charge in [-0.05, 0) is 57.8 Å². The molecule has 0 amide bonds. The van der Waals surface area contributed by atoms with Crippen molar-refractivity contribution in [1.29, 1.82) is 0 Å². The van der Waals surface area contributed by atoms with E-state index in [1.54, 1.807) is 6.92 Å². The van der Waals surface area contributed by atoms with Gasteiger partial charge in [0.05, 0.1) is 29.3 Å². The highest BCUT2D eigenvalue weighted by Gasteiger charge is 2.73. The molecule has 0 radical (unpaired) electrons. The zero-order valence-corrected chi connectivity index (χ0v) is 18.8. The van der Waals surface area contributed by atoms with E-state index in [0.717, 1.165) is 12.8 Å². The summed E-state index contributed by atoms with van der Waals surface area (Å²) < 4.78 is 6.03. The van der Waals surface area contributed by atoms with Crippen LogP contribution < -0.4 is 0 Å². The Balaban J connectivity index is 1.94. The molecule has 2 bridgehead atoms. The van der Waals surface area contributed by atoms with Gasteiger partial charge in [0.1, 0.15) is 0 Å². The third-order valence-corrected chi connectivity index (χ3v) is 10.4. The van der Waals surface area contributed by atoms with E-state index in [9.17, 15) is 19.8 Å².